The Bertz CT molecular complexity index is 1140. The molecule has 0 bridgehead atoms. The van der Waals surface area contributed by atoms with Crippen LogP contribution in [0.2, 0.25) is 0 Å². The lowest BCUT2D eigenvalue weighted by Crippen LogP contribution is -2.36. The second-order valence-corrected chi connectivity index (χ2v) is 9.39. The van der Waals surface area contributed by atoms with Gasteiger partial charge in [-0.3, -0.25) is 4.79 Å². The minimum atomic E-state index is -3.71. The van der Waals surface area contributed by atoms with Crippen LogP contribution >= 0.6 is 0 Å². The first kappa shape index (κ1) is 21.1. The summed E-state index contributed by atoms with van der Waals surface area (Å²) in [5.41, 5.74) is 2.60. The quantitative estimate of drug-likeness (QED) is 0.580. The molecule has 7 heteroatoms. The first-order chi connectivity index (χ1) is 15.0. The summed E-state index contributed by atoms with van der Waals surface area (Å²) in [6.07, 6.45) is 2.72. The van der Waals surface area contributed by atoms with Gasteiger partial charge in [-0.2, -0.15) is 4.31 Å². The van der Waals surface area contributed by atoms with Crippen LogP contribution in [0.3, 0.4) is 0 Å². The Balaban J connectivity index is 1.50. The lowest BCUT2D eigenvalue weighted by molar-refractivity contribution is 0.102. The summed E-state index contributed by atoms with van der Waals surface area (Å²) in [5.74, 6) is -0.444. The number of sulfonamides is 1. The monoisotopic (exact) mass is 435 g/mol. The third-order valence-electron chi connectivity index (χ3n) is 5.27. The van der Waals surface area contributed by atoms with E-state index in [1.54, 1.807) is 30.3 Å². The fourth-order valence-corrected chi connectivity index (χ4v) is 5.35. The van der Waals surface area contributed by atoms with Gasteiger partial charge in [-0.15, -0.1) is 0 Å². The van der Waals surface area contributed by atoms with Crippen LogP contribution in [0.4, 0.5) is 17.1 Å². The van der Waals surface area contributed by atoms with E-state index < -0.39 is 15.9 Å². The number of piperidine rings is 1. The maximum absolute atomic E-state index is 13.1. The highest BCUT2D eigenvalue weighted by atomic mass is 32.2. The summed E-state index contributed by atoms with van der Waals surface area (Å²) in [7, 11) is -3.71. The molecule has 1 saturated heterocycles. The van der Waals surface area contributed by atoms with Crippen molar-refractivity contribution in [3.8, 4) is 0 Å². The highest BCUT2D eigenvalue weighted by molar-refractivity contribution is 7.89. The molecule has 2 N–H and O–H groups in total. The zero-order valence-electron chi connectivity index (χ0n) is 17.1. The molecule has 1 amide bonds. The Kier molecular flexibility index (Phi) is 6.34. The van der Waals surface area contributed by atoms with E-state index >= 15 is 0 Å². The van der Waals surface area contributed by atoms with Crippen LogP contribution in [0.5, 0.6) is 0 Å². The van der Waals surface area contributed by atoms with Crippen LogP contribution in [0.1, 0.15) is 29.6 Å². The van der Waals surface area contributed by atoms with Crippen molar-refractivity contribution in [3.05, 3.63) is 84.4 Å². The molecule has 0 spiro atoms. The van der Waals surface area contributed by atoms with Gasteiger partial charge in [0.15, 0.2) is 0 Å². The predicted molar refractivity (Wildman–Crippen MR) is 123 cm³/mol. The summed E-state index contributed by atoms with van der Waals surface area (Å²) >= 11 is 0. The van der Waals surface area contributed by atoms with E-state index in [2.05, 4.69) is 10.6 Å². The number of nitrogens with zero attached hydrogens (tertiary/aromatic N) is 1. The molecule has 0 atom stereocenters. The second kappa shape index (κ2) is 9.32. The van der Waals surface area contributed by atoms with Gasteiger partial charge in [0.2, 0.25) is 10.0 Å². The summed E-state index contributed by atoms with van der Waals surface area (Å²) in [6.45, 7) is 0.988. The Labute approximate surface area is 183 Å². The predicted octanol–water partition coefficient (Wildman–Crippen LogP) is 4.86. The molecule has 3 aromatic carbocycles. The zero-order chi connectivity index (χ0) is 21.7. The van der Waals surface area contributed by atoms with Crippen LogP contribution in [-0.4, -0.2) is 31.7 Å². The number of para-hydroxylation sites is 1. The van der Waals surface area contributed by atoms with Gasteiger partial charge in [0, 0.05) is 30.2 Å². The molecule has 0 aromatic heterocycles. The Morgan fingerprint density at radius 3 is 2.00 bits per heavy atom. The molecule has 160 valence electrons. The van der Waals surface area contributed by atoms with Gasteiger partial charge in [-0.05, 0) is 61.4 Å². The van der Waals surface area contributed by atoms with Gasteiger partial charge in [0.1, 0.15) is 0 Å². The van der Waals surface area contributed by atoms with E-state index in [-0.39, 0.29) is 10.5 Å². The Hall–Kier alpha value is -3.16. The number of hydrogen-bond donors (Lipinski definition) is 2. The van der Waals surface area contributed by atoms with E-state index in [1.165, 1.54) is 10.4 Å². The van der Waals surface area contributed by atoms with E-state index in [0.29, 0.717) is 18.8 Å². The first-order valence-electron chi connectivity index (χ1n) is 10.4. The summed E-state index contributed by atoms with van der Waals surface area (Å²) < 4.78 is 27.7. The van der Waals surface area contributed by atoms with Crippen LogP contribution < -0.4 is 10.6 Å². The van der Waals surface area contributed by atoms with Crippen molar-refractivity contribution >= 4 is 33.0 Å². The Morgan fingerprint density at radius 2 is 1.29 bits per heavy atom. The largest absolute Gasteiger partial charge is 0.356 e. The van der Waals surface area contributed by atoms with Gasteiger partial charge < -0.3 is 10.6 Å². The standard InChI is InChI=1S/C24H25N3O3S/c28-24(26-21-15-13-20(14-16-21)25-19-9-3-1-4-10-19)22-11-5-6-12-23(22)31(29,30)27-17-7-2-8-18-27/h1,3-6,9-16,25H,2,7-8,17-18H2,(H,26,28). The molecule has 1 aliphatic rings. The number of rotatable bonds is 6. The number of hydrogen-bond acceptors (Lipinski definition) is 4. The smallest absolute Gasteiger partial charge is 0.257 e. The third-order valence-corrected chi connectivity index (χ3v) is 7.23. The topological polar surface area (TPSA) is 78.5 Å². The van der Waals surface area contributed by atoms with Crippen molar-refractivity contribution in [1.29, 1.82) is 0 Å². The molecular weight excluding hydrogens is 410 g/mol. The molecule has 0 unspecified atom stereocenters. The van der Waals surface area contributed by atoms with E-state index in [0.717, 1.165) is 30.6 Å². The van der Waals surface area contributed by atoms with Crippen molar-refractivity contribution in [1.82, 2.24) is 4.31 Å². The molecule has 3 aromatic rings. The minimum absolute atomic E-state index is 0.0526. The van der Waals surface area contributed by atoms with Crippen molar-refractivity contribution in [2.24, 2.45) is 0 Å². The molecule has 6 nitrogen and oxygen atoms in total. The van der Waals surface area contributed by atoms with Crippen LogP contribution in [-0.2, 0) is 10.0 Å². The third kappa shape index (κ3) is 4.95. The second-order valence-electron chi connectivity index (χ2n) is 7.48. The number of carbonyl (C=O) groups is 1. The number of carbonyl (C=O) groups excluding carboxylic acids is 1. The van der Waals surface area contributed by atoms with E-state index in [1.807, 2.05) is 42.5 Å². The fourth-order valence-electron chi connectivity index (χ4n) is 3.65. The lowest BCUT2D eigenvalue weighted by Gasteiger charge is -2.26. The summed E-state index contributed by atoms with van der Waals surface area (Å²) in [4.78, 5) is 13.0. The normalized spacial score (nSPS) is 14.7. The number of amides is 1. The van der Waals surface area contributed by atoms with Crippen LogP contribution in [0.15, 0.2) is 83.8 Å². The minimum Gasteiger partial charge on any atom is -0.356 e. The van der Waals surface area contributed by atoms with Gasteiger partial charge >= 0.3 is 0 Å². The average molecular weight is 436 g/mol. The number of nitrogens with one attached hydrogen (secondary N) is 2. The zero-order valence-corrected chi connectivity index (χ0v) is 17.9. The number of anilines is 3. The van der Waals surface area contributed by atoms with Crippen molar-refractivity contribution in [2.75, 3.05) is 23.7 Å². The molecule has 0 aliphatic carbocycles. The highest BCUT2D eigenvalue weighted by Crippen LogP contribution is 2.25. The lowest BCUT2D eigenvalue weighted by atomic mass is 10.2. The van der Waals surface area contributed by atoms with E-state index in [9.17, 15) is 13.2 Å². The van der Waals surface area contributed by atoms with Crippen LogP contribution in [0, 0.1) is 0 Å². The van der Waals surface area contributed by atoms with Crippen molar-refractivity contribution < 1.29 is 13.2 Å². The molecule has 4 rings (SSSR count). The SMILES string of the molecule is O=C(Nc1ccc(Nc2ccccc2)cc1)c1ccccc1S(=O)(=O)N1CCCCC1. The van der Waals surface area contributed by atoms with Crippen molar-refractivity contribution in [3.63, 3.8) is 0 Å². The van der Waals surface area contributed by atoms with Crippen molar-refractivity contribution in [2.45, 2.75) is 24.2 Å². The molecule has 31 heavy (non-hydrogen) atoms. The van der Waals surface area contributed by atoms with Gasteiger partial charge in [0.05, 0.1) is 10.5 Å². The average Bonchev–Trinajstić information content (AvgIpc) is 2.81. The van der Waals surface area contributed by atoms with Gasteiger partial charge in [0.25, 0.3) is 5.91 Å². The van der Waals surface area contributed by atoms with E-state index in [4.69, 9.17) is 0 Å². The van der Waals surface area contributed by atoms with Crippen LogP contribution in [0.25, 0.3) is 0 Å². The molecule has 0 saturated carbocycles. The maximum atomic E-state index is 13.1. The summed E-state index contributed by atoms with van der Waals surface area (Å²) in [6, 6.07) is 23.5. The molecule has 0 radical (unpaired) electrons. The number of benzene rings is 3. The highest BCUT2D eigenvalue weighted by Gasteiger charge is 2.29. The molecular formula is C24H25N3O3S. The Morgan fingerprint density at radius 1 is 0.710 bits per heavy atom. The van der Waals surface area contributed by atoms with Gasteiger partial charge in [-0.25, -0.2) is 8.42 Å². The maximum Gasteiger partial charge on any atom is 0.257 e. The molecule has 1 aliphatic heterocycles. The molecule has 1 heterocycles. The fraction of sp³-hybridized carbons (Fsp3) is 0.208. The summed E-state index contributed by atoms with van der Waals surface area (Å²) in [5, 5.41) is 6.10. The first-order valence-corrected chi connectivity index (χ1v) is 11.8. The molecule has 1 fully saturated rings. The van der Waals surface area contributed by atoms with Gasteiger partial charge in [-0.1, -0.05) is 36.8 Å².